The van der Waals surface area contributed by atoms with Gasteiger partial charge in [0.05, 0.1) is 6.61 Å². The molecule has 1 amide bonds. The highest BCUT2D eigenvalue weighted by molar-refractivity contribution is 5.92. The minimum Gasteiger partial charge on any atom is -0.383 e. The zero-order chi connectivity index (χ0) is 17.4. The van der Waals surface area contributed by atoms with Gasteiger partial charge < -0.3 is 15.4 Å². The van der Waals surface area contributed by atoms with Crippen LogP contribution in [-0.4, -0.2) is 42.7 Å². The van der Waals surface area contributed by atoms with Gasteiger partial charge in [-0.3, -0.25) is 4.79 Å². The standard InChI is InChI=1S/C17H21FN4O2/c1-12-11-15(16(23)19-9-10-24-2)22-17(21-12)20-8-7-13-3-5-14(18)6-4-13/h3-6,11H,7-10H2,1-2H3,(H,19,23)(H,20,21,22). The van der Waals surface area contributed by atoms with Crippen LogP contribution in [0.1, 0.15) is 21.7 Å². The molecule has 0 atom stereocenters. The molecule has 2 rings (SSSR count). The number of hydrogen-bond acceptors (Lipinski definition) is 5. The van der Waals surface area contributed by atoms with E-state index in [0.717, 1.165) is 5.56 Å². The summed E-state index contributed by atoms with van der Waals surface area (Å²) in [7, 11) is 1.57. The van der Waals surface area contributed by atoms with Crippen molar-refractivity contribution in [2.24, 2.45) is 0 Å². The molecule has 0 aliphatic carbocycles. The van der Waals surface area contributed by atoms with Crippen molar-refractivity contribution in [1.29, 1.82) is 0 Å². The first-order chi connectivity index (χ1) is 11.6. The Morgan fingerprint density at radius 2 is 1.96 bits per heavy atom. The van der Waals surface area contributed by atoms with Crippen LogP contribution in [0.3, 0.4) is 0 Å². The number of amides is 1. The van der Waals surface area contributed by atoms with Crippen molar-refractivity contribution in [3.05, 3.63) is 53.1 Å². The molecule has 0 aliphatic heterocycles. The Morgan fingerprint density at radius 3 is 2.67 bits per heavy atom. The van der Waals surface area contributed by atoms with Gasteiger partial charge in [-0.05, 0) is 37.1 Å². The molecule has 2 aromatic rings. The van der Waals surface area contributed by atoms with Gasteiger partial charge in [0.15, 0.2) is 0 Å². The van der Waals surface area contributed by atoms with Crippen LogP contribution in [0.25, 0.3) is 0 Å². The Hall–Kier alpha value is -2.54. The first-order valence-corrected chi connectivity index (χ1v) is 7.69. The SMILES string of the molecule is COCCNC(=O)c1cc(C)nc(NCCc2ccc(F)cc2)n1. The Bertz CT molecular complexity index is 677. The second kappa shape index (κ2) is 8.93. The second-order valence-electron chi connectivity index (χ2n) is 5.27. The number of carbonyl (C=O) groups excluding carboxylic acids is 1. The fourth-order valence-electron chi connectivity index (χ4n) is 2.09. The number of rotatable bonds is 8. The first-order valence-electron chi connectivity index (χ1n) is 7.69. The third-order valence-electron chi connectivity index (χ3n) is 3.29. The summed E-state index contributed by atoms with van der Waals surface area (Å²) >= 11 is 0. The van der Waals surface area contributed by atoms with Gasteiger partial charge in [-0.2, -0.15) is 0 Å². The van der Waals surface area contributed by atoms with Gasteiger partial charge in [0, 0.05) is 25.9 Å². The van der Waals surface area contributed by atoms with Crippen LogP contribution in [0.15, 0.2) is 30.3 Å². The molecule has 0 saturated carbocycles. The number of halogens is 1. The quantitative estimate of drug-likeness (QED) is 0.723. The van der Waals surface area contributed by atoms with Crippen LogP contribution in [0.4, 0.5) is 10.3 Å². The molecule has 0 saturated heterocycles. The first kappa shape index (κ1) is 17.8. The number of hydrogen-bond donors (Lipinski definition) is 2. The number of carbonyl (C=O) groups is 1. The molecule has 0 unspecified atom stereocenters. The highest BCUT2D eigenvalue weighted by Gasteiger charge is 2.10. The Morgan fingerprint density at radius 1 is 1.21 bits per heavy atom. The molecule has 0 fully saturated rings. The minimum atomic E-state index is -0.265. The summed E-state index contributed by atoms with van der Waals surface area (Å²) in [5.41, 5.74) is 2.02. The van der Waals surface area contributed by atoms with E-state index in [1.54, 1.807) is 32.2 Å². The lowest BCUT2D eigenvalue weighted by Gasteiger charge is -2.09. The maximum absolute atomic E-state index is 12.9. The monoisotopic (exact) mass is 332 g/mol. The molecule has 0 bridgehead atoms. The third kappa shape index (κ3) is 5.58. The Labute approximate surface area is 140 Å². The smallest absolute Gasteiger partial charge is 0.270 e. The lowest BCUT2D eigenvalue weighted by molar-refractivity contribution is 0.0932. The van der Waals surface area contributed by atoms with E-state index < -0.39 is 0 Å². The van der Waals surface area contributed by atoms with E-state index in [1.807, 2.05) is 0 Å². The van der Waals surface area contributed by atoms with E-state index in [1.165, 1.54) is 12.1 Å². The maximum atomic E-state index is 12.9. The zero-order valence-corrected chi connectivity index (χ0v) is 13.8. The van der Waals surface area contributed by atoms with Crippen LogP contribution < -0.4 is 10.6 Å². The van der Waals surface area contributed by atoms with Gasteiger partial charge in [-0.1, -0.05) is 12.1 Å². The van der Waals surface area contributed by atoms with E-state index in [-0.39, 0.29) is 11.7 Å². The van der Waals surface area contributed by atoms with Crippen LogP contribution in [0.5, 0.6) is 0 Å². The summed E-state index contributed by atoms with van der Waals surface area (Å²) in [6.07, 6.45) is 0.701. The van der Waals surface area contributed by atoms with E-state index >= 15 is 0 Å². The third-order valence-corrected chi connectivity index (χ3v) is 3.29. The van der Waals surface area contributed by atoms with E-state index in [0.29, 0.717) is 43.5 Å². The van der Waals surface area contributed by atoms with E-state index in [9.17, 15) is 9.18 Å². The molecular formula is C17H21FN4O2. The average Bonchev–Trinajstić information content (AvgIpc) is 2.56. The zero-order valence-electron chi connectivity index (χ0n) is 13.8. The Kier molecular flexibility index (Phi) is 6.62. The minimum absolute atomic E-state index is 0.252. The predicted molar refractivity (Wildman–Crippen MR) is 89.6 cm³/mol. The Balaban J connectivity index is 1.92. The summed E-state index contributed by atoms with van der Waals surface area (Å²) in [4.78, 5) is 20.5. The molecular weight excluding hydrogens is 311 g/mol. The van der Waals surface area contributed by atoms with Crippen LogP contribution >= 0.6 is 0 Å². The van der Waals surface area contributed by atoms with Gasteiger partial charge in [0.2, 0.25) is 5.95 Å². The maximum Gasteiger partial charge on any atom is 0.270 e. The molecule has 0 radical (unpaired) electrons. The van der Waals surface area contributed by atoms with E-state index in [2.05, 4.69) is 20.6 Å². The summed E-state index contributed by atoms with van der Waals surface area (Å²) in [5, 5.41) is 5.81. The molecule has 7 heteroatoms. The number of benzene rings is 1. The fraction of sp³-hybridized carbons (Fsp3) is 0.353. The van der Waals surface area contributed by atoms with Crippen molar-refractivity contribution in [1.82, 2.24) is 15.3 Å². The highest BCUT2D eigenvalue weighted by atomic mass is 19.1. The van der Waals surface area contributed by atoms with Crippen molar-refractivity contribution < 1.29 is 13.9 Å². The second-order valence-corrected chi connectivity index (χ2v) is 5.27. The number of ether oxygens (including phenoxy) is 1. The molecule has 0 aliphatic rings. The van der Waals surface area contributed by atoms with Crippen molar-refractivity contribution in [2.45, 2.75) is 13.3 Å². The van der Waals surface area contributed by atoms with Crippen molar-refractivity contribution >= 4 is 11.9 Å². The highest BCUT2D eigenvalue weighted by Crippen LogP contribution is 2.07. The largest absolute Gasteiger partial charge is 0.383 e. The number of nitrogens with one attached hydrogen (secondary N) is 2. The van der Waals surface area contributed by atoms with Gasteiger partial charge in [-0.25, -0.2) is 14.4 Å². The van der Waals surface area contributed by atoms with Gasteiger partial charge in [0.25, 0.3) is 5.91 Å². The summed E-state index contributed by atoms with van der Waals surface area (Å²) in [5.74, 6) is -0.119. The summed E-state index contributed by atoms with van der Waals surface area (Å²) < 4.78 is 17.8. The molecule has 1 aromatic carbocycles. The van der Waals surface area contributed by atoms with Crippen molar-refractivity contribution in [2.75, 3.05) is 32.1 Å². The van der Waals surface area contributed by atoms with Crippen molar-refractivity contribution in [3.63, 3.8) is 0 Å². The number of nitrogens with zero attached hydrogens (tertiary/aromatic N) is 2. The van der Waals surface area contributed by atoms with Crippen LogP contribution in [0.2, 0.25) is 0 Å². The van der Waals surface area contributed by atoms with E-state index in [4.69, 9.17) is 4.74 Å². The predicted octanol–water partition coefficient (Wildman–Crippen LogP) is 1.95. The normalized spacial score (nSPS) is 10.5. The molecule has 0 spiro atoms. The summed E-state index contributed by atoms with van der Waals surface area (Å²) in [6, 6.07) is 7.97. The number of aromatic nitrogens is 2. The number of aryl methyl sites for hydroxylation is 1. The molecule has 6 nitrogen and oxygen atoms in total. The summed E-state index contributed by atoms with van der Waals surface area (Å²) in [6.45, 7) is 3.25. The number of anilines is 1. The molecule has 128 valence electrons. The molecule has 1 aromatic heterocycles. The van der Waals surface area contributed by atoms with Crippen LogP contribution in [0, 0.1) is 12.7 Å². The molecule has 24 heavy (non-hydrogen) atoms. The van der Waals surface area contributed by atoms with Crippen molar-refractivity contribution in [3.8, 4) is 0 Å². The van der Waals surface area contributed by atoms with Gasteiger partial charge >= 0.3 is 0 Å². The van der Waals surface area contributed by atoms with Crippen LogP contribution in [-0.2, 0) is 11.2 Å². The molecule has 1 heterocycles. The lowest BCUT2D eigenvalue weighted by Crippen LogP contribution is -2.28. The lowest BCUT2D eigenvalue weighted by atomic mass is 10.1. The number of methoxy groups -OCH3 is 1. The topological polar surface area (TPSA) is 76.1 Å². The van der Waals surface area contributed by atoms with Gasteiger partial charge in [0.1, 0.15) is 11.5 Å². The van der Waals surface area contributed by atoms with Gasteiger partial charge in [-0.15, -0.1) is 0 Å². The molecule has 2 N–H and O–H groups in total. The average molecular weight is 332 g/mol. The fourth-order valence-corrected chi connectivity index (χ4v) is 2.09.